The van der Waals surface area contributed by atoms with Crippen LogP contribution in [-0.4, -0.2) is 62.2 Å². The summed E-state index contributed by atoms with van der Waals surface area (Å²) in [6.45, 7) is 23.7. The molecule has 0 heterocycles. The predicted octanol–water partition coefficient (Wildman–Crippen LogP) is 9.86. The summed E-state index contributed by atoms with van der Waals surface area (Å²) in [5, 5.41) is 1.87. The summed E-state index contributed by atoms with van der Waals surface area (Å²) < 4.78 is 54.9. The number of ketones is 1. The van der Waals surface area contributed by atoms with Crippen molar-refractivity contribution in [2.45, 2.75) is 199 Å². The van der Waals surface area contributed by atoms with E-state index in [-0.39, 0.29) is 10.7 Å². The standard InChI is InChI=1S/C38H75NO7SSi3/c1-12-13-14-15-16-17-18-19-20-21-22-23-24-25-29-38(4,39-36-32-35(47(41,42)43)28-27-33(36)2)37(40)34(3)44-30-26-31-50(11,45-48(5,6)7)46-49(8,9)10/h27-28,32,34,39H,12-26,29-31H2,1-11H3,(H,41,42,43). The van der Waals surface area contributed by atoms with Crippen molar-refractivity contribution < 1.29 is 36.0 Å². The number of ether oxygens (including phenoxy) is 1. The number of aryl methyl sites for hydroxylation is 1. The highest BCUT2D eigenvalue weighted by Gasteiger charge is 2.42. The minimum Gasteiger partial charge on any atom is -0.744 e. The molecule has 0 bridgehead atoms. The third kappa shape index (κ3) is 20.5. The first-order valence-electron chi connectivity index (χ1n) is 19.6. The van der Waals surface area contributed by atoms with E-state index >= 15 is 0 Å². The second-order valence-corrected chi connectivity index (χ2v) is 31.2. The van der Waals surface area contributed by atoms with E-state index < -0.39 is 47.0 Å². The fourth-order valence-electron chi connectivity index (χ4n) is 6.84. The summed E-state index contributed by atoms with van der Waals surface area (Å²) in [5.74, 6) is -0.0290. The van der Waals surface area contributed by atoms with E-state index in [0.29, 0.717) is 18.7 Å². The van der Waals surface area contributed by atoms with Gasteiger partial charge in [0.2, 0.25) is 5.78 Å². The summed E-state index contributed by atoms with van der Waals surface area (Å²) in [7, 11) is -10.6. The molecule has 0 aliphatic heterocycles. The maximum atomic E-state index is 14.1. The zero-order chi connectivity index (χ0) is 38.1. The topological polar surface area (TPSA) is 119 Å². The molecule has 8 nitrogen and oxygen atoms in total. The zero-order valence-electron chi connectivity index (χ0n) is 33.9. The molecule has 292 valence electrons. The minimum atomic E-state index is -4.62. The van der Waals surface area contributed by atoms with Gasteiger partial charge in [0, 0.05) is 24.7 Å². The van der Waals surface area contributed by atoms with Gasteiger partial charge in [-0.1, -0.05) is 96.5 Å². The summed E-state index contributed by atoms with van der Waals surface area (Å²) in [6, 6.07) is 5.19. The number of rotatable bonds is 29. The Morgan fingerprint density at radius 1 is 0.800 bits per heavy atom. The van der Waals surface area contributed by atoms with E-state index in [9.17, 15) is 17.8 Å². The number of carbonyl (C=O) groups is 1. The largest absolute Gasteiger partial charge is 0.744 e. The van der Waals surface area contributed by atoms with E-state index in [1.807, 2.05) is 26.1 Å². The van der Waals surface area contributed by atoms with Crippen molar-refractivity contribution in [3.05, 3.63) is 23.8 Å². The summed E-state index contributed by atoms with van der Waals surface area (Å²) >= 11 is 0. The Morgan fingerprint density at radius 2 is 1.26 bits per heavy atom. The smallest absolute Gasteiger partial charge is 0.314 e. The molecule has 1 aromatic rings. The van der Waals surface area contributed by atoms with Crippen LogP contribution in [0.2, 0.25) is 51.9 Å². The fourth-order valence-corrected chi connectivity index (χ4v) is 19.9. The van der Waals surface area contributed by atoms with Crippen LogP contribution < -0.4 is 5.32 Å². The van der Waals surface area contributed by atoms with Crippen LogP contribution in [0.3, 0.4) is 0 Å². The molecule has 12 heteroatoms. The highest BCUT2D eigenvalue weighted by Crippen LogP contribution is 2.26. The van der Waals surface area contributed by atoms with Crippen molar-refractivity contribution in [1.82, 2.24) is 0 Å². The molecule has 2 N–H and O–H groups in total. The third-order valence-corrected chi connectivity index (χ3v) is 19.6. The molecule has 0 aliphatic rings. The van der Waals surface area contributed by atoms with Crippen molar-refractivity contribution in [2.75, 3.05) is 6.61 Å². The van der Waals surface area contributed by atoms with Gasteiger partial charge in [-0.2, -0.15) is 0 Å². The van der Waals surface area contributed by atoms with Gasteiger partial charge < -0.3 is 22.8 Å². The number of unbranched alkanes of at least 4 members (excludes halogenated alkanes) is 13. The molecule has 2 unspecified atom stereocenters. The number of carbonyl (C=O) groups excluding carboxylic acids is 1. The second-order valence-electron chi connectivity index (χ2n) is 16.9. The average molecular weight is 774 g/mol. The fraction of sp³-hybridized carbons (Fsp3) is 0.816. The second kappa shape index (κ2) is 22.5. The molecule has 0 aliphatic carbocycles. The average Bonchev–Trinajstić information content (AvgIpc) is 2.97. The van der Waals surface area contributed by atoms with Gasteiger partial charge in [-0.15, -0.1) is 0 Å². The van der Waals surface area contributed by atoms with Crippen molar-refractivity contribution >= 4 is 46.8 Å². The molecule has 50 heavy (non-hydrogen) atoms. The van der Waals surface area contributed by atoms with Crippen LogP contribution >= 0.6 is 0 Å². The molecular weight excluding hydrogens is 699 g/mol. The van der Waals surface area contributed by atoms with Gasteiger partial charge in [0.15, 0.2) is 22.2 Å². The van der Waals surface area contributed by atoms with Crippen molar-refractivity contribution in [2.24, 2.45) is 0 Å². The first kappa shape index (κ1) is 47.3. The van der Waals surface area contributed by atoms with Crippen molar-refractivity contribution in [3.63, 3.8) is 0 Å². The maximum absolute atomic E-state index is 14.1. The number of nitrogens with two attached hydrogens (primary N) is 1. The van der Waals surface area contributed by atoms with E-state index in [1.165, 1.54) is 82.8 Å². The quantitative estimate of drug-likeness (QED) is 0.0373. The summed E-state index contributed by atoms with van der Waals surface area (Å²) in [6.07, 6.45) is 18.4. The summed E-state index contributed by atoms with van der Waals surface area (Å²) in [5.41, 5.74) is 0.543. The molecule has 0 fully saturated rings. The van der Waals surface area contributed by atoms with E-state index in [4.69, 9.17) is 13.0 Å². The molecule has 0 saturated carbocycles. The number of hydrogen-bond donors (Lipinski definition) is 1. The Hall–Kier alpha value is -0.709. The first-order chi connectivity index (χ1) is 23.1. The van der Waals surface area contributed by atoms with Crippen LogP contribution in [-0.2, 0) is 27.9 Å². The third-order valence-electron chi connectivity index (χ3n) is 9.18. The van der Waals surface area contributed by atoms with Crippen LogP contribution in [0, 0.1) is 6.92 Å². The molecule has 0 saturated heterocycles. The molecular formula is C38H75NO7SSi3. The van der Waals surface area contributed by atoms with Crippen LogP contribution in [0.25, 0.3) is 0 Å². The maximum Gasteiger partial charge on any atom is 0.314 e. The van der Waals surface area contributed by atoms with Gasteiger partial charge in [-0.05, 0) is 91.6 Å². The highest BCUT2D eigenvalue weighted by molar-refractivity contribution is 7.85. The normalized spacial score (nSPS) is 14.9. The Balaban J connectivity index is 2.83. The molecule has 0 amide bonds. The van der Waals surface area contributed by atoms with E-state index in [1.54, 1.807) is 6.07 Å². The highest BCUT2D eigenvalue weighted by atomic mass is 32.2. The van der Waals surface area contributed by atoms with Gasteiger partial charge in [0.25, 0.3) is 0 Å². The van der Waals surface area contributed by atoms with E-state index in [0.717, 1.165) is 37.3 Å². The summed E-state index contributed by atoms with van der Waals surface area (Å²) in [4.78, 5) is 13.8. The van der Waals surface area contributed by atoms with Crippen LogP contribution in [0.4, 0.5) is 5.69 Å². The lowest BCUT2D eigenvalue weighted by Gasteiger charge is -2.38. The van der Waals surface area contributed by atoms with Gasteiger partial charge in [-0.3, -0.25) is 4.79 Å². The Kier molecular flexibility index (Phi) is 21.3. The van der Waals surface area contributed by atoms with Gasteiger partial charge >= 0.3 is 8.56 Å². The van der Waals surface area contributed by atoms with Gasteiger partial charge in [0.1, 0.15) is 21.9 Å². The first-order valence-corrected chi connectivity index (χ1v) is 30.3. The molecule has 0 radical (unpaired) electrons. The lowest BCUT2D eigenvalue weighted by atomic mass is 9.86. The Bertz CT molecular complexity index is 1220. The van der Waals surface area contributed by atoms with Crippen LogP contribution in [0.15, 0.2) is 23.1 Å². The van der Waals surface area contributed by atoms with Gasteiger partial charge in [0.05, 0.1) is 4.90 Å². The molecule has 1 aromatic carbocycles. The molecule has 1 rings (SSSR count). The zero-order valence-corrected chi connectivity index (χ0v) is 37.7. The van der Waals surface area contributed by atoms with E-state index in [2.05, 4.69) is 52.8 Å². The number of hydrogen-bond acceptors (Lipinski definition) is 7. The number of Topliss-reactive ketones (excluding diaryl/α,β-unsaturated/α-hetero) is 1. The predicted molar refractivity (Wildman–Crippen MR) is 214 cm³/mol. The Labute approximate surface area is 310 Å². The van der Waals surface area contributed by atoms with Crippen LogP contribution in [0.5, 0.6) is 0 Å². The number of quaternary nitrogens is 1. The van der Waals surface area contributed by atoms with Crippen molar-refractivity contribution in [1.29, 1.82) is 0 Å². The number of benzene rings is 1. The minimum absolute atomic E-state index is 0.0290. The Morgan fingerprint density at radius 3 is 1.70 bits per heavy atom. The monoisotopic (exact) mass is 773 g/mol. The SMILES string of the molecule is CCCCCCCCCCCCCCCCC(C)([NH2+]c1cc(S(=O)(=O)[O-])ccc1C)C(=O)C(C)OCCC[Si](C)(O[Si](C)(C)C)O[Si](C)(C)C. The lowest BCUT2D eigenvalue weighted by Crippen LogP contribution is -2.94. The van der Waals surface area contributed by atoms with Crippen LogP contribution in [0.1, 0.15) is 129 Å². The molecule has 0 spiro atoms. The molecule has 2 atom stereocenters. The lowest BCUT2D eigenvalue weighted by molar-refractivity contribution is -0.636. The van der Waals surface area contributed by atoms with Gasteiger partial charge in [-0.25, -0.2) is 8.42 Å². The van der Waals surface area contributed by atoms with Crippen molar-refractivity contribution in [3.8, 4) is 0 Å². The molecule has 0 aromatic heterocycles.